The molecule has 0 saturated carbocycles. The number of aromatic nitrogens is 6. The first-order chi connectivity index (χ1) is 26.1. The maximum atomic E-state index is 10.9. The predicted octanol–water partition coefficient (Wildman–Crippen LogP) is 9.83. The molecule has 9 heteroatoms. The van der Waals surface area contributed by atoms with Gasteiger partial charge in [0.1, 0.15) is 11.0 Å². The van der Waals surface area contributed by atoms with Crippen molar-refractivity contribution in [3.8, 4) is 0 Å². The molecule has 274 valence electrons. The number of benzene rings is 5. The first-order valence-corrected chi connectivity index (χ1v) is 18.3. The van der Waals surface area contributed by atoms with E-state index < -0.39 is 0 Å². The van der Waals surface area contributed by atoms with Crippen molar-refractivity contribution in [2.45, 2.75) is 60.8 Å². The topological polar surface area (TPSA) is 124 Å². The molecule has 0 bridgehead atoms. The summed E-state index contributed by atoms with van der Waals surface area (Å²) >= 11 is 0. The summed E-state index contributed by atoms with van der Waals surface area (Å²) in [4.78, 5) is 15.1. The molecule has 4 N–H and O–H groups in total. The van der Waals surface area contributed by atoms with Gasteiger partial charge in [0.05, 0.1) is 23.7 Å². The zero-order valence-electron chi connectivity index (χ0n) is 31.9. The quantitative estimate of drug-likeness (QED) is 0.124. The van der Waals surface area contributed by atoms with Gasteiger partial charge in [0.25, 0.3) is 0 Å². The zero-order chi connectivity index (χ0) is 38.0. The number of fused-ring (bicyclic) bond motifs is 5. The van der Waals surface area contributed by atoms with Gasteiger partial charge in [-0.3, -0.25) is 14.9 Å². The van der Waals surface area contributed by atoms with Crippen LogP contribution in [0.5, 0.6) is 0 Å². The van der Waals surface area contributed by atoms with Crippen molar-refractivity contribution in [3.05, 3.63) is 154 Å². The van der Waals surface area contributed by atoms with Crippen molar-refractivity contribution in [2.24, 2.45) is 0 Å². The van der Waals surface area contributed by atoms with E-state index in [1.165, 1.54) is 68.2 Å². The van der Waals surface area contributed by atoms with Gasteiger partial charge in [-0.05, 0) is 125 Å². The third-order valence-corrected chi connectivity index (χ3v) is 9.21. The van der Waals surface area contributed by atoms with E-state index >= 15 is 0 Å². The lowest BCUT2D eigenvalue weighted by Crippen LogP contribution is -2.11. The fraction of sp³-hybridized carbons (Fsp3) is 0.222. The largest absolute Gasteiger partial charge is 0.385 e. The van der Waals surface area contributed by atoms with Crippen LogP contribution in [0.3, 0.4) is 0 Å². The number of pyridine rings is 1. The number of rotatable bonds is 0. The summed E-state index contributed by atoms with van der Waals surface area (Å²) in [6.45, 7) is 13.6. The van der Waals surface area contributed by atoms with Gasteiger partial charge in [-0.2, -0.15) is 20.5 Å². The summed E-state index contributed by atoms with van der Waals surface area (Å²) in [5.74, 6) is 0.102. The maximum absolute atomic E-state index is 10.9. The Morgan fingerprint density at radius 1 is 0.611 bits per heavy atom. The second kappa shape index (κ2) is 17.4. The molecule has 0 atom stereocenters. The van der Waals surface area contributed by atoms with Crippen molar-refractivity contribution < 1.29 is 4.79 Å². The van der Waals surface area contributed by atoms with Crippen LogP contribution in [-0.2, 0) is 17.6 Å². The lowest BCUT2D eigenvalue weighted by Gasteiger charge is -2.17. The van der Waals surface area contributed by atoms with Gasteiger partial charge in [0.2, 0.25) is 5.91 Å². The normalized spacial score (nSPS) is 12.3. The highest BCUT2D eigenvalue weighted by Crippen LogP contribution is 2.24. The molecule has 10 rings (SSSR count). The first-order valence-electron chi connectivity index (χ1n) is 18.3. The number of anilines is 2. The molecule has 9 nitrogen and oxygen atoms in total. The zero-order valence-corrected chi connectivity index (χ0v) is 31.9. The summed E-state index contributed by atoms with van der Waals surface area (Å²) in [5, 5.41) is 26.0. The highest BCUT2D eigenvalue weighted by molar-refractivity contribution is 5.99. The molecule has 2 aliphatic heterocycles. The Hall–Kier alpha value is -6.35. The lowest BCUT2D eigenvalue weighted by molar-refractivity contribution is -0.115. The first kappa shape index (κ1) is 37.4. The monoisotopic (exact) mass is 716 g/mol. The number of aromatic amines is 2. The predicted molar refractivity (Wildman–Crippen MR) is 222 cm³/mol. The summed E-state index contributed by atoms with van der Waals surface area (Å²) < 4.78 is 0. The van der Waals surface area contributed by atoms with Crippen molar-refractivity contribution in [3.63, 3.8) is 0 Å². The summed E-state index contributed by atoms with van der Waals surface area (Å²) in [7, 11) is 0. The molecule has 0 aliphatic carbocycles. The number of nitrogens with zero attached hydrogens (tertiary/aromatic N) is 4. The summed E-state index contributed by atoms with van der Waals surface area (Å²) in [6.07, 6.45) is 6.73. The fourth-order valence-corrected chi connectivity index (χ4v) is 6.53. The average molecular weight is 717 g/mol. The second-order valence-corrected chi connectivity index (χ2v) is 14.0. The van der Waals surface area contributed by atoms with E-state index in [1.54, 1.807) is 0 Å². The Balaban J connectivity index is 0.000000115. The van der Waals surface area contributed by atoms with Crippen LogP contribution in [-0.4, -0.2) is 43.0 Å². The van der Waals surface area contributed by atoms with Gasteiger partial charge < -0.3 is 10.6 Å². The molecule has 5 heterocycles. The van der Waals surface area contributed by atoms with Crippen LogP contribution in [0.1, 0.15) is 50.9 Å². The van der Waals surface area contributed by atoms with Gasteiger partial charge in [0, 0.05) is 34.9 Å². The van der Waals surface area contributed by atoms with E-state index in [0.29, 0.717) is 6.42 Å². The molecule has 0 spiro atoms. The minimum atomic E-state index is 0.102. The summed E-state index contributed by atoms with van der Waals surface area (Å²) in [6, 6.07) is 33.2. The van der Waals surface area contributed by atoms with Crippen LogP contribution in [0.2, 0.25) is 0 Å². The molecule has 8 aromatic rings. The van der Waals surface area contributed by atoms with Crippen LogP contribution >= 0.6 is 0 Å². The number of nitrogens with one attached hydrogen (secondary N) is 4. The van der Waals surface area contributed by atoms with E-state index in [-0.39, 0.29) is 5.91 Å². The van der Waals surface area contributed by atoms with Crippen LogP contribution in [0.25, 0.3) is 32.8 Å². The third-order valence-electron chi connectivity index (χ3n) is 9.21. The van der Waals surface area contributed by atoms with Crippen molar-refractivity contribution in [1.82, 2.24) is 30.6 Å². The van der Waals surface area contributed by atoms with Gasteiger partial charge in [-0.25, -0.2) is 0 Å². The van der Waals surface area contributed by atoms with Crippen molar-refractivity contribution in [2.75, 3.05) is 17.2 Å². The van der Waals surface area contributed by atoms with E-state index in [0.717, 1.165) is 39.9 Å². The van der Waals surface area contributed by atoms with Crippen LogP contribution in [0.15, 0.2) is 109 Å². The molecule has 5 aromatic carbocycles. The van der Waals surface area contributed by atoms with Gasteiger partial charge >= 0.3 is 0 Å². The van der Waals surface area contributed by atoms with Gasteiger partial charge in [0.15, 0.2) is 0 Å². The standard InChI is InChI=1S/C10H13N.C10H9N.C9H10N2.C9H9NO.C7H7N3/c2*1-8-4-5-10-9(7-8)3-2-6-11-10;1-6-3-7(2)9-8(4-6)5-10-11-9;1-6-2-3-8-7(4-6)5-9(11)10-8;1-5-2-3-6-7(4-5)9-10-8-6/h4-5,7,11H,2-3,6H2,1H3;2-7H,1H3;3-5H,1-2H3,(H,10,11);2-4H,5H2,1H3,(H,10,11);2-4H,1H3,(H,8,9,10). The van der Waals surface area contributed by atoms with E-state index in [2.05, 4.69) is 117 Å². The molecule has 54 heavy (non-hydrogen) atoms. The van der Waals surface area contributed by atoms with E-state index in [9.17, 15) is 4.79 Å². The SMILES string of the molecule is Cc1cc(C)c2[nH]ncc2c1.Cc1ccc2c(c1)CC(=O)N2.Cc1ccc2c(c1)CCCN2.Cc1ccc2n[nH]nc2c1.Cc1ccc2ncccc2c1. The maximum Gasteiger partial charge on any atom is 0.228 e. The molecule has 3 aromatic heterocycles. The number of carbonyl (C=O) groups is 1. The summed E-state index contributed by atoms with van der Waals surface area (Å²) in [5.41, 5.74) is 16.6. The molecular weight excluding hydrogens is 669 g/mol. The second-order valence-electron chi connectivity index (χ2n) is 14.0. The van der Waals surface area contributed by atoms with Crippen molar-refractivity contribution in [1.29, 1.82) is 0 Å². The molecule has 1 amide bonds. The molecule has 0 radical (unpaired) electrons. The van der Waals surface area contributed by atoms with Crippen molar-refractivity contribution >= 4 is 50.1 Å². The smallest absolute Gasteiger partial charge is 0.228 e. The van der Waals surface area contributed by atoms with Gasteiger partial charge in [-0.15, -0.1) is 0 Å². The minimum absolute atomic E-state index is 0.102. The Labute approximate surface area is 316 Å². The molecule has 0 unspecified atom stereocenters. The molecular formula is C45H48N8O. The van der Waals surface area contributed by atoms with E-state index in [1.807, 2.05) is 74.8 Å². The Morgan fingerprint density at radius 3 is 2.09 bits per heavy atom. The Kier molecular flexibility index (Phi) is 12.1. The lowest BCUT2D eigenvalue weighted by atomic mass is 10.0. The van der Waals surface area contributed by atoms with E-state index in [4.69, 9.17) is 0 Å². The number of hydrogen-bond acceptors (Lipinski definition) is 6. The number of aryl methyl sites for hydroxylation is 7. The van der Waals surface area contributed by atoms with Gasteiger partial charge in [-0.1, -0.05) is 70.8 Å². The van der Waals surface area contributed by atoms with Crippen LogP contribution in [0.4, 0.5) is 11.4 Å². The minimum Gasteiger partial charge on any atom is -0.385 e. The number of H-pyrrole nitrogens is 2. The highest BCUT2D eigenvalue weighted by Gasteiger charge is 2.16. The molecule has 0 fully saturated rings. The molecule has 2 aliphatic rings. The Bertz CT molecular complexity index is 2510. The highest BCUT2D eigenvalue weighted by atomic mass is 16.1. The number of amides is 1. The fourth-order valence-electron chi connectivity index (χ4n) is 6.53. The Morgan fingerprint density at radius 2 is 1.28 bits per heavy atom. The van der Waals surface area contributed by atoms with Crippen LogP contribution < -0.4 is 10.6 Å². The van der Waals surface area contributed by atoms with Crippen LogP contribution in [0, 0.1) is 41.5 Å². The number of hydrogen-bond donors (Lipinski definition) is 4. The number of carbonyl (C=O) groups excluding carboxylic acids is 1. The molecule has 0 saturated heterocycles. The average Bonchev–Trinajstić information content (AvgIpc) is 3.92. The third kappa shape index (κ3) is 9.95.